The summed E-state index contributed by atoms with van der Waals surface area (Å²) in [5.74, 6) is 0. The minimum Gasteiger partial charge on any atom is -0.388 e. The molecule has 0 atom stereocenters. The molecule has 0 heterocycles. The average molecular weight is 174 g/mol. The summed E-state index contributed by atoms with van der Waals surface area (Å²) in [7, 11) is 1.90. The molecule has 0 radical (unpaired) electrons. The Morgan fingerprint density at radius 2 is 2.00 bits per heavy atom. The molecule has 0 aliphatic rings. The van der Waals surface area contributed by atoms with Crippen LogP contribution in [-0.2, 0) is 6.42 Å². The summed E-state index contributed by atoms with van der Waals surface area (Å²) < 4.78 is 0. The molecule has 0 bridgehead atoms. The number of rotatable bonds is 4. The third-order valence-electron chi connectivity index (χ3n) is 1.87. The van der Waals surface area contributed by atoms with Crippen molar-refractivity contribution >= 4 is 12.4 Å². The largest absolute Gasteiger partial charge is 0.388 e. The van der Waals surface area contributed by atoms with E-state index in [1.165, 1.54) is 5.56 Å². The maximum absolute atomic E-state index is 3.77. The molecule has 0 aliphatic heterocycles. The van der Waals surface area contributed by atoms with Gasteiger partial charge in [0.05, 0.1) is 0 Å². The van der Waals surface area contributed by atoms with Crippen molar-refractivity contribution in [3.63, 3.8) is 0 Å². The minimum absolute atomic E-state index is 0.771. The predicted octanol–water partition coefficient (Wildman–Crippen LogP) is 2.49. The fraction of sp³-hybridized carbons (Fsp3) is 0.182. The first-order chi connectivity index (χ1) is 6.26. The van der Waals surface area contributed by atoms with E-state index in [4.69, 9.17) is 0 Å². The van der Waals surface area contributed by atoms with Crippen molar-refractivity contribution in [1.82, 2.24) is 0 Å². The van der Waals surface area contributed by atoms with E-state index in [0.717, 1.165) is 17.8 Å². The lowest BCUT2D eigenvalue weighted by atomic mass is 10.1. The van der Waals surface area contributed by atoms with E-state index < -0.39 is 0 Å². The Morgan fingerprint density at radius 3 is 2.46 bits per heavy atom. The number of hydrogen-bond donors (Lipinski definition) is 1. The molecule has 1 rings (SSSR count). The van der Waals surface area contributed by atoms with Crippen LogP contribution in [0.1, 0.15) is 5.56 Å². The van der Waals surface area contributed by atoms with E-state index >= 15 is 0 Å². The fourth-order valence-corrected chi connectivity index (χ4v) is 1.08. The van der Waals surface area contributed by atoms with Crippen LogP contribution >= 0.6 is 0 Å². The lowest BCUT2D eigenvalue weighted by Crippen LogP contribution is -1.89. The van der Waals surface area contributed by atoms with Crippen molar-refractivity contribution in [3.05, 3.63) is 42.1 Å². The first-order valence-electron chi connectivity index (χ1n) is 4.17. The lowest BCUT2D eigenvalue weighted by molar-refractivity contribution is 1.13. The van der Waals surface area contributed by atoms with Crippen LogP contribution in [0.3, 0.4) is 0 Å². The first kappa shape index (κ1) is 9.52. The van der Waals surface area contributed by atoms with Crippen LogP contribution in [0.2, 0.25) is 0 Å². The van der Waals surface area contributed by atoms with Crippen LogP contribution in [-0.4, -0.2) is 13.8 Å². The number of allylic oxidation sites excluding steroid dienone is 1. The van der Waals surface area contributed by atoms with Crippen LogP contribution in [0.5, 0.6) is 0 Å². The van der Waals surface area contributed by atoms with Gasteiger partial charge in [-0.3, -0.25) is 4.99 Å². The van der Waals surface area contributed by atoms with E-state index in [9.17, 15) is 0 Å². The molecular weight excluding hydrogens is 160 g/mol. The number of nitrogens with zero attached hydrogens (tertiary/aromatic N) is 1. The van der Waals surface area contributed by atoms with E-state index in [1.54, 1.807) is 0 Å². The van der Waals surface area contributed by atoms with Gasteiger partial charge >= 0.3 is 0 Å². The summed E-state index contributed by atoms with van der Waals surface area (Å²) in [6.07, 6.45) is 0.771. The van der Waals surface area contributed by atoms with Crippen LogP contribution in [0, 0.1) is 0 Å². The summed E-state index contributed by atoms with van der Waals surface area (Å²) >= 11 is 0. The van der Waals surface area contributed by atoms with Gasteiger partial charge in [-0.2, -0.15) is 0 Å². The molecule has 0 saturated carbocycles. The van der Waals surface area contributed by atoms with Crippen LogP contribution < -0.4 is 5.32 Å². The standard InChI is InChI=1S/C11H14N2/c1-9(12-2)8-10-4-6-11(13-3)7-5-10/h4-7,13H,1-2,8H2,3H3. The molecule has 0 aromatic heterocycles. The highest BCUT2D eigenvalue weighted by atomic mass is 14.8. The Bertz CT molecular complexity index is 298. The summed E-state index contributed by atoms with van der Waals surface area (Å²) in [6, 6.07) is 8.18. The van der Waals surface area contributed by atoms with Gasteiger partial charge in [0, 0.05) is 24.9 Å². The van der Waals surface area contributed by atoms with Gasteiger partial charge in [-0.15, -0.1) is 0 Å². The van der Waals surface area contributed by atoms with Crippen molar-refractivity contribution in [3.8, 4) is 0 Å². The van der Waals surface area contributed by atoms with Gasteiger partial charge in [-0.1, -0.05) is 18.7 Å². The number of nitrogens with one attached hydrogen (secondary N) is 1. The number of anilines is 1. The Labute approximate surface area is 79.0 Å². The highest BCUT2D eigenvalue weighted by molar-refractivity contribution is 5.44. The molecule has 0 unspecified atom stereocenters. The van der Waals surface area contributed by atoms with Crippen molar-refractivity contribution in [2.24, 2.45) is 4.99 Å². The van der Waals surface area contributed by atoms with Gasteiger partial charge in [0.15, 0.2) is 0 Å². The molecule has 2 nitrogen and oxygen atoms in total. The summed E-state index contributed by atoms with van der Waals surface area (Å²) in [6.45, 7) is 7.19. The van der Waals surface area contributed by atoms with E-state index in [1.807, 2.05) is 19.2 Å². The zero-order valence-corrected chi connectivity index (χ0v) is 7.88. The van der Waals surface area contributed by atoms with E-state index in [0.29, 0.717) is 0 Å². The number of aliphatic imine (C=N–C) groups is 1. The second-order valence-electron chi connectivity index (χ2n) is 2.85. The normalized spacial score (nSPS) is 9.31. The highest BCUT2D eigenvalue weighted by Gasteiger charge is 1.94. The maximum atomic E-state index is 3.77. The molecule has 0 spiro atoms. The zero-order chi connectivity index (χ0) is 9.68. The number of benzene rings is 1. The Balaban J connectivity index is 2.69. The summed E-state index contributed by atoms with van der Waals surface area (Å²) in [5.41, 5.74) is 3.12. The second kappa shape index (κ2) is 4.45. The van der Waals surface area contributed by atoms with Gasteiger partial charge in [0.2, 0.25) is 0 Å². The van der Waals surface area contributed by atoms with E-state index in [2.05, 4.69) is 35.7 Å². The van der Waals surface area contributed by atoms with E-state index in [-0.39, 0.29) is 0 Å². The molecule has 1 N–H and O–H groups in total. The highest BCUT2D eigenvalue weighted by Crippen LogP contribution is 2.11. The second-order valence-corrected chi connectivity index (χ2v) is 2.85. The van der Waals surface area contributed by atoms with Crippen molar-refractivity contribution in [2.75, 3.05) is 12.4 Å². The van der Waals surface area contributed by atoms with Gasteiger partial charge in [0.1, 0.15) is 0 Å². The van der Waals surface area contributed by atoms with Gasteiger partial charge in [0.25, 0.3) is 0 Å². The average Bonchev–Trinajstić information content (AvgIpc) is 2.19. The lowest BCUT2D eigenvalue weighted by Gasteiger charge is -2.02. The van der Waals surface area contributed by atoms with Crippen LogP contribution in [0.15, 0.2) is 41.5 Å². The molecule has 13 heavy (non-hydrogen) atoms. The Hall–Kier alpha value is -1.57. The topological polar surface area (TPSA) is 24.4 Å². The Kier molecular flexibility index (Phi) is 3.26. The van der Waals surface area contributed by atoms with Crippen molar-refractivity contribution in [1.29, 1.82) is 0 Å². The van der Waals surface area contributed by atoms with Crippen LogP contribution in [0.25, 0.3) is 0 Å². The fourth-order valence-electron chi connectivity index (χ4n) is 1.08. The number of hydrogen-bond acceptors (Lipinski definition) is 2. The Morgan fingerprint density at radius 1 is 1.38 bits per heavy atom. The van der Waals surface area contributed by atoms with Gasteiger partial charge in [-0.05, 0) is 24.4 Å². The summed E-state index contributed by atoms with van der Waals surface area (Å²) in [5, 5.41) is 3.06. The molecule has 1 aromatic carbocycles. The molecule has 2 heteroatoms. The molecule has 68 valence electrons. The molecular formula is C11H14N2. The molecule has 0 saturated heterocycles. The van der Waals surface area contributed by atoms with Gasteiger partial charge in [-0.25, -0.2) is 0 Å². The first-order valence-corrected chi connectivity index (χ1v) is 4.17. The molecule has 0 amide bonds. The SMILES string of the molecule is C=NC(=C)Cc1ccc(NC)cc1. The smallest absolute Gasteiger partial charge is 0.0368 e. The maximum Gasteiger partial charge on any atom is 0.0368 e. The molecule has 0 aliphatic carbocycles. The molecule has 1 aromatic rings. The third-order valence-corrected chi connectivity index (χ3v) is 1.87. The van der Waals surface area contributed by atoms with Crippen molar-refractivity contribution in [2.45, 2.75) is 6.42 Å². The monoisotopic (exact) mass is 174 g/mol. The minimum atomic E-state index is 0.771. The molecule has 0 fully saturated rings. The van der Waals surface area contributed by atoms with Crippen molar-refractivity contribution < 1.29 is 0 Å². The summed E-state index contributed by atoms with van der Waals surface area (Å²) in [4.78, 5) is 3.77. The zero-order valence-electron chi connectivity index (χ0n) is 7.88. The predicted molar refractivity (Wildman–Crippen MR) is 58.4 cm³/mol. The van der Waals surface area contributed by atoms with Gasteiger partial charge < -0.3 is 5.32 Å². The van der Waals surface area contributed by atoms with Crippen LogP contribution in [0.4, 0.5) is 5.69 Å². The third kappa shape index (κ3) is 2.75. The quantitative estimate of drug-likeness (QED) is 0.697.